The molecule has 1 heterocycles. The second-order valence-electron chi connectivity index (χ2n) is 4.69. The van der Waals surface area contributed by atoms with E-state index in [4.69, 9.17) is 18.9 Å². The minimum atomic E-state index is -1.39. The van der Waals surface area contributed by atoms with Crippen molar-refractivity contribution in [3.8, 4) is 0 Å². The average molecular weight is 350 g/mol. The zero-order valence-corrected chi connectivity index (χ0v) is 13.9. The Kier molecular flexibility index (Phi) is 6.82. The van der Waals surface area contributed by atoms with Crippen molar-refractivity contribution < 1.29 is 42.9 Å². The van der Waals surface area contributed by atoms with Gasteiger partial charge in [0.15, 0.2) is 24.4 Å². The molecule has 1 rings (SSSR count). The lowest BCUT2D eigenvalue weighted by atomic mass is 9.99. The predicted molar refractivity (Wildman–Crippen MR) is 76.3 cm³/mol. The monoisotopic (exact) mass is 350 g/mol. The maximum atomic E-state index is 11.8. The third-order valence-electron chi connectivity index (χ3n) is 2.85. The first kappa shape index (κ1) is 19.2. The smallest absolute Gasteiger partial charge is 0.339 e. The first-order valence-electron chi connectivity index (χ1n) is 6.60. The number of methoxy groups -OCH3 is 1. The van der Waals surface area contributed by atoms with Gasteiger partial charge in [0.05, 0.1) is 7.11 Å². The fourth-order valence-corrected chi connectivity index (χ4v) is 2.46. The largest absolute Gasteiger partial charge is 0.467 e. The van der Waals surface area contributed by atoms with Crippen molar-refractivity contribution in [3.05, 3.63) is 0 Å². The summed E-state index contributed by atoms with van der Waals surface area (Å²) in [6.45, 7) is 3.36. The third-order valence-corrected chi connectivity index (χ3v) is 3.27. The maximum Gasteiger partial charge on any atom is 0.339 e. The normalized spacial score (nSPS) is 30.0. The van der Waals surface area contributed by atoms with E-state index in [0.29, 0.717) is 0 Å². The third kappa shape index (κ3) is 5.10. The molecule has 1 fully saturated rings. The molecule has 1 aliphatic rings. The van der Waals surface area contributed by atoms with E-state index >= 15 is 0 Å². The molecule has 0 spiro atoms. The molecule has 5 atom stereocenters. The summed E-state index contributed by atoms with van der Waals surface area (Å²) in [6, 6.07) is 0. The molecular weight excluding hydrogens is 332 g/mol. The Bertz CT molecular complexity index is 492. The lowest BCUT2D eigenvalue weighted by Crippen LogP contribution is -2.62. The standard InChI is InChI=1S/C13H18O9S/c1-5(14)19-8-9(20-6(2)15)11(21-7(3)16)13(23)22-10(8)12(17)18-4/h8-11,13,23H,1-4H3/t8-,9+,10+,11-,13-/m1/s1. The molecule has 0 aromatic carbocycles. The number of rotatable bonds is 4. The van der Waals surface area contributed by atoms with E-state index in [1.165, 1.54) is 0 Å². The van der Waals surface area contributed by atoms with Crippen LogP contribution in [-0.2, 0) is 42.9 Å². The highest BCUT2D eigenvalue weighted by Gasteiger charge is 2.53. The zero-order valence-electron chi connectivity index (χ0n) is 13.0. The van der Waals surface area contributed by atoms with Crippen LogP contribution in [0.4, 0.5) is 0 Å². The van der Waals surface area contributed by atoms with Crippen LogP contribution >= 0.6 is 12.6 Å². The van der Waals surface area contributed by atoms with Crippen molar-refractivity contribution in [3.63, 3.8) is 0 Å². The summed E-state index contributed by atoms with van der Waals surface area (Å²) < 4.78 is 25.0. The molecule has 0 bridgehead atoms. The van der Waals surface area contributed by atoms with Gasteiger partial charge in [0, 0.05) is 20.8 Å². The molecule has 1 saturated heterocycles. The summed E-state index contributed by atoms with van der Waals surface area (Å²) in [5.41, 5.74) is -1.10. The molecule has 9 nitrogen and oxygen atoms in total. The SMILES string of the molecule is COC(=O)[C@H]1O[C@H](S)[C@H](OC(C)=O)[C@@H](OC(C)=O)[C@H]1OC(C)=O. The molecule has 0 aromatic rings. The number of ether oxygens (including phenoxy) is 5. The van der Waals surface area contributed by atoms with Gasteiger partial charge in [-0.3, -0.25) is 14.4 Å². The minimum absolute atomic E-state index is 0.687. The van der Waals surface area contributed by atoms with Gasteiger partial charge in [-0.2, -0.15) is 0 Å². The van der Waals surface area contributed by atoms with Crippen molar-refractivity contribution in [2.45, 2.75) is 50.6 Å². The van der Waals surface area contributed by atoms with Gasteiger partial charge in [-0.1, -0.05) is 0 Å². The lowest BCUT2D eigenvalue weighted by molar-refractivity contribution is -0.234. The van der Waals surface area contributed by atoms with E-state index in [0.717, 1.165) is 27.9 Å². The Balaban J connectivity index is 3.21. The van der Waals surface area contributed by atoms with Gasteiger partial charge in [-0.25, -0.2) is 4.79 Å². The van der Waals surface area contributed by atoms with E-state index in [-0.39, 0.29) is 0 Å². The molecule has 130 valence electrons. The van der Waals surface area contributed by atoms with E-state index in [2.05, 4.69) is 17.4 Å². The van der Waals surface area contributed by atoms with E-state index in [1.54, 1.807) is 0 Å². The van der Waals surface area contributed by atoms with Gasteiger partial charge in [0.25, 0.3) is 0 Å². The van der Waals surface area contributed by atoms with Crippen molar-refractivity contribution in [1.82, 2.24) is 0 Å². The van der Waals surface area contributed by atoms with Gasteiger partial charge in [0.1, 0.15) is 5.44 Å². The molecule has 23 heavy (non-hydrogen) atoms. The molecule has 1 aliphatic heterocycles. The maximum absolute atomic E-state index is 11.8. The minimum Gasteiger partial charge on any atom is -0.467 e. The Morgan fingerprint density at radius 2 is 1.26 bits per heavy atom. The number of esters is 4. The zero-order chi connectivity index (χ0) is 17.7. The van der Waals surface area contributed by atoms with Crippen LogP contribution in [0.1, 0.15) is 20.8 Å². The fourth-order valence-electron chi connectivity index (χ4n) is 2.10. The predicted octanol–water partition coefficient (Wildman–Crippen LogP) is -0.391. The summed E-state index contributed by atoms with van der Waals surface area (Å²) in [5, 5.41) is 0. The summed E-state index contributed by atoms with van der Waals surface area (Å²) in [5.74, 6) is -3.01. The van der Waals surface area contributed by atoms with Crippen LogP contribution < -0.4 is 0 Å². The molecule has 0 aliphatic carbocycles. The van der Waals surface area contributed by atoms with E-state index < -0.39 is 53.7 Å². The van der Waals surface area contributed by atoms with Crippen LogP contribution in [0.25, 0.3) is 0 Å². The van der Waals surface area contributed by atoms with Gasteiger partial charge >= 0.3 is 23.9 Å². The quantitative estimate of drug-likeness (QED) is 0.411. The lowest BCUT2D eigenvalue weighted by Gasteiger charge is -2.42. The van der Waals surface area contributed by atoms with Crippen molar-refractivity contribution in [2.75, 3.05) is 7.11 Å². The first-order valence-corrected chi connectivity index (χ1v) is 7.12. The number of hydrogen-bond donors (Lipinski definition) is 1. The summed E-state index contributed by atoms with van der Waals surface area (Å²) >= 11 is 4.10. The molecule has 0 amide bonds. The second-order valence-corrected chi connectivity index (χ2v) is 5.20. The van der Waals surface area contributed by atoms with Crippen molar-refractivity contribution in [2.24, 2.45) is 0 Å². The fraction of sp³-hybridized carbons (Fsp3) is 0.692. The average Bonchev–Trinajstić information content (AvgIpc) is 2.43. The highest BCUT2D eigenvalue weighted by molar-refractivity contribution is 7.80. The van der Waals surface area contributed by atoms with Crippen LogP contribution in [0.5, 0.6) is 0 Å². The second kappa shape index (κ2) is 8.16. The van der Waals surface area contributed by atoms with Gasteiger partial charge < -0.3 is 23.7 Å². The highest BCUT2D eigenvalue weighted by Crippen LogP contribution is 2.30. The van der Waals surface area contributed by atoms with Crippen molar-refractivity contribution >= 4 is 36.5 Å². The number of carbonyl (C=O) groups excluding carboxylic acids is 4. The van der Waals surface area contributed by atoms with Crippen LogP contribution in [0.15, 0.2) is 0 Å². The molecule has 0 saturated carbocycles. The van der Waals surface area contributed by atoms with Crippen molar-refractivity contribution in [1.29, 1.82) is 0 Å². The van der Waals surface area contributed by atoms with Crippen LogP contribution in [0, 0.1) is 0 Å². The number of carbonyl (C=O) groups is 4. The number of hydrogen-bond acceptors (Lipinski definition) is 10. The summed E-state index contributed by atoms with van der Waals surface area (Å²) in [4.78, 5) is 45.7. The van der Waals surface area contributed by atoms with Crippen LogP contribution in [0.3, 0.4) is 0 Å². The first-order chi connectivity index (χ1) is 10.7. The molecule has 0 aromatic heterocycles. The van der Waals surface area contributed by atoms with Crippen LogP contribution in [0.2, 0.25) is 0 Å². The Morgan fingerprint density at radius 1 is 0.826 bits per heavy atom. The molecule has 0 unspecified atom stereocenters. The molecule has 0 N–H and O–H groups in total. The topological polar surface area (TPSA) is 114 Å². The Labute approximate surface area is 137 Å². The van der Waals surface area contributed by atoms with Gasteiger partial charge in [-0.15, -0.1) is 12.6 Å². The molecular formula is C13H18O9S. The van der Waals surface area contributed by atoms with E-state index in [9.17, 15) is 19.2 Å². The van der Waals surface area contributed by atoms with Gasteiger partial charge in [0.2, 0.25) is 0 Å². The summed E-state index contributed by atoms with van der Waals surface area (Å²) in [6.07, 6.45) is -5.19. The summed E-state index contributed by atoms with van der Waals surface area (Å²) in [7, 11) is 1.11. The van der Waals surface area contributed by atoms with E-state index in [1.807, 2.05) is 0 Å². The Morgan fingerprint density at radius 3 is 1.70 bits per heavy atom. The molecule has 0 radical (unpaired) electrons. The Hall–Kier alpha value is -1.81. The van der Waals surface area contributed by atoms with Crippen LogP contribution in [-0.4, -0.2) is 60.8 Å². The highest BCUT2D eigenvalue weighted by atomic mass is 32.1. The molecule has 10 heteroatoms. The van der Waals surface area contributed by atoms with Gasteiger partial charge in [-0.05, 0) is 0 Å². The number of thiol groups is 1.